The molecule has 90 valence electrons. The summed E-state index contributed by atoms with van der Waals surface area (Å²) in [4.78, 5) is 12.5. The number of carbonyl (C=O) groups excluding carboxylic acids is 1. The Morgan fingerprint density at radius 2 is 1.88 bits per heavy atom. The van der Waals surface area contributed by atoms with Crippen LogP contribution in [0.15, 0.2) is 18.3 Å². The molecule has 1 unspecified atom stereocenters. The third-order valence-corrected chi connectivity index (χ3v) is 3.03. The summed E-state index contributed by atoms with van der Waals surface area (Å²) in [6.45, 7) is 1.97. The second-order valence-corrected chi connectivity index (χ2v) is 3.88. The van der Waals surface area contributed by atoms with Crippen LogP contribution in [-0.2, 0) is 4.79 Å². The van der Waals surface area contributed by atoms with Gasteiger partial charge < -0.3 is 14.4 Å². The van der Waals surface area contributed by atoms with Gasteiger partial charge in [-0.1, -0.05) is 0 Å². The molecule has 1 heterocycles. The number of amides is 1. The number of rotatable bonds is 3. The molecule has 1 amide bonds. The molecule has 0 radical (unpaired) electrons. The molecule has 1 aromatic carbocycles. The van der Waals surface area contributed by atoms with E-state index in [0.717, 1.165) is 17.5 Å². The summed E-state index contributed by atoms with van der Waals surface area (Å²) < 4.78 is 10.5. The zero-order valence-electron chi connectivity index (χ0n) is 10.1. The summed E-state index contributed by atoms with van der Waals surface area (Å²) in [6, 6.07) is 3.84. The van der Waals surface area contributed by atoms with Gasteiger partial charge in [0.2, 0.25) is 6.41 Å². The number of carbonyl (C=O) groups is 1. The fourth-order valence-electron chi connectivity index (χ4n) is 2.00. The van der Waals surface area contributed by atoms with Crippen molar-refractivity contribution in [2.75, 3.05) is 14.2 Å². The number of nitrogens with zero attached hydrogens (tertiary/aromatic N) is 1. The zero-order valence-corrected chi connectivity index (χ0v) is 10.1. The summed E-state index contributed by atoms with van der Waals surface area (Å²) in [5.74, 6) is 1.38. The number of hydrogen-bond acceptors (Lipinski definition) is 3. The Kier molecular flexibility index (Phi) is 3.04. The van der Waals surface area contributed by atoms with E-state index < -0.39 is 0 Å². The highest BCUT2D eigenvalue weighted by atomic mass is 16.5. The Balaban J connectivity index is 2.52. The summed E-state index contributed by atoms with van der Waals surface area (Å²) in [6.07, 6.45) is 4.48. The average Bonchev–Trinajstić information content (AvgIpc) is 2.38. The minimum absolute atomic E-state index is 0.00676. The van der Waals surface area contributed by atoms with Gasteiger partial charge in [0.05, 0.1) is 20.3 Å². The van der Waals surface area contributed by atoms with E-state index in [1.54, 1.807) is 25.3 Å². The maximum atomic E-state index is 10.9. The number of methoxy groups -OCH3 is 2. The zero-order chi connectivity index (χ0) is 12.4. The summed E-state index contributed by atoms with van der Waals surface area (Å²) >= 11 is 0. The van der Waals surface area contributed by atoms with Crippen LogP contribution in [0.25, 0.3) is 6.08 Å². The van der Waals surface area contributed by atoms with Crippen molar-refractivity contribution in [3.05, 3.63) is 29.5 Å². The standard InChI is InChI=1S/C13H15NO3/c1-9-11-7-13(17-3)12(16-2)6-10(11)4-5-14(9)8-15/h4-9H,1-3H3. The van der Waals surface area contributed by atoms with Crippen molar-refractivity contribution in [3.63, 3.8) is 0 Å². The first-order chi connectivity index (χ1) is 8.21. The fraction of sp³-hybridized carbons (Fsp3) is 0.308. The fourth-order valence-corrected chi connectivity index (χ4v) is 2.00. The topological polar surface area (TPSA) is 38.8 Å². The van der Waals surface area contributed by atoms with Gasteiger partial charge in [-0.15, -0.1) is 0 Å². The SMILES string of the molecule is COc1cc2c(cc1OC)C(C)N(C=O)C=C2. The lowest BCUT2D eigenvalue weighted by Crippen LogP contribution is -2.22. The lowest BCUT2D eigenvalue weighted by molar-refractivity contribution is -0.117. The van der Waals surface area contributed by atoms with Gasteiger partial charge in [-0.25, -0.2) is 0 Å². The molecule has 0 aliphatic carbocycles. The van der Waals surface area contributed by atoms with Crippen LogP contribution in [0.3, 0.4) is 0 Å². The molecule has 1 atom stereocenters. The van der Waals surface area contributed by atoms with Crippen molar-refractivity contribution in [3.8, 4) is 11.5 Å². The molecule has 4 heteroatoms. The lowest BCUT2D eigenvalue weighted by Gasteiger charge is -2.28. The van der Waals surface area contributed by atoms with E-state index in [2.05, 4.69) is 0 Å². The molecule has 4 nitrogen and oxygen atoms in total. The number of hydrogen-bond donors (Lipinski definition) is 0. The van der Waals surface area contributed by atoms with E-state index in [0.29, 0.717) is 11.5 Å². The highest BCUT2D eigenvalue weighted by molar-refractivity contribution is 5.66. The van der Waals surface area contributed by atoms with Crippen LogP contribution < -0.4 is 9.47 Å². The molecular weight excluding hydrogens is 218 g/mol. The van der Waals surface area contributed by atoms with E-state index in [9.17, 15) is 4.79 Å². The normalized spacial score (nSPS) is 17.6. The maximum absolute atomic E-state index is 10.9. The Morgan fingerprint density at radius 1 is 1.24 bits per heavy atom. The van der Waals surface area contributed by atoms with Gasteiger partial charge in [-0.3, -0.25) is 4.79 Å². The van der Waals surface area contributed by atoms with Crippen LogP contribution in [-0.4, -0.2) is 25.5 Å². The van der Waals surface area contributed by atoms with Crippen molar-refractivity contribution in [2.45, 2.75) is 13.0 Å². The van der Waals surface area contributed by atoms with Gasteiger partial charge >= 0.3 is 0 Å². The predicted molar refractivity (Wildman–Crippen MR) is 64.9 cm³/mol. The summed E-state index contributed by atoms with van der Waals surface area (Å²) in [7, 11) is 3.21. The summed E-state index contributed by atoms with van der Waals surface area (Å²) in [5, 5.41) is 0. The highest BCUT2D eigenvalue weighted by Crippen LogP contribution is 2.37. The molecule has 0 saturated carbocycles. The Bertz CT molecular complexity index is 468. The molecule has 17 heavy (non-hydrogen) atoms. The third-order valence-electron chi connectivity index (χ3n) is 3.03. The van der Waals surface area contributed by atoms with Crippen molar-refractivity contribution in [2.24, 2.45) is 0 Å². The first-order valence-corrected chi connectivity index (χ1v) is 5.38. The first kappa shape index (κ1) is 11.5. The van der Waals surface area contributed by atoms with Gasteiger partial charge in [0.25, 0.3) is 0 Å². The molecule has 0 spiro atoms. The molecule has 1 aromatic rings. The van der Waals surface area contributed by atoms with Crippen molar-refractivity contribution in [1.82, 2.24) is 4.90 Å². The van der Waals surface area contributed by atoms with E-state index in [1.807, 2.05) is 25.1 Å². The van der Waals surface area contributed by atoms with Gasteiger partial charge in [-0.2, -0.15) is 0 Å². The Morgan fingerprint density at radius 3 is 2.47 bits per heavy atom. The second kappa shape index (κ2) is 4.49. The van der Waals surface area contributed by atoms with Crippen LogP contribution in [0.5, 0.6) is 11.5 Å². The summed E-state index contributed by atoms with van der Waals surface area (Å²) in [5.41, 5.74) is 2.10. The monoisotopic (exact) mass is 233 g/mol. The number of ether oxygens (including phenoxy) is 2. The van der Waals surface area contributed by atoms with Gasteiger partial charge in [0.1, 0.15) is 0 Å². The van der Waals surface area contributed by atoms with Crippen LogP contribution in [0.2, 0.25) is 0 Å². The molecule has 2 rings (SSSR count). The third kappa shape index (κ3) is 1.86. The smallest absolute Gasteiger partial charge is 0.214 e. The van der Waals surface area contributed by atoms with Gasteiger partial charge in [0.15, 0.2) is 11.5 Å². The quantitative estimate of drug-likeness (QED) is 0.751. The predicted octanol–water partition coefficient (Wildman–Crippen LogP) is 2.21. The molecule has 0 bridgehead atoms. The van der Waals surface area contributed by atoms with E-state index in [1.165, 1.54) is 0 Å². The number of benzene rings is 1. The Labute approximate surface area is 100 Å². The van der Waals surface area contributed by atoms with Crippen LogP contribution in [0.4, 0.5) is 0 Å². The lowest BCUT2D eigenvalue weighted by atomic mass is 9.97. The van der Waals surface area contributed by atoms with Crippen LogP contribution >= 0.6 is 0 Å². The molecule has 0 saturated heterocycles. The second-order valence-electron chi connectivity index (χ2n) is 3.88. The minimum atomic E-state index is 0.00676. The minimum Gasteiger partial charge on any atom is -0.493 e. The van der Waals surface area contributed by atoms with Crippen molar-refractivity contribution >= 4 is 12.5 Å². The Hall–Kier alpha value is -1.97. The molecule has 0 aromatic heterocycles. The van der Waals surface area contributed by atoms with Gasteiger partial charge in [-0.05, 0) is 36.3 Å². The molecule has 0 fully saturated rings. The molecule has 0 N–H and O–H groups in total. The maximum Gasteiger partial charge on any atom is 0.214 e. The molecular formula is C13H15NO3. The molecule has 1 aliphatic rings. The van der Waals surface area contributed by atoms with Crippen LogP contribution in [0.1, 0.15) is 24.1 Å². The largest absolute Gasteiger partial charge is 0.493 e. The highest BCUT2D eigenvalue weighted by Gasteiger charge is 2.21. The van der Waals surface area contributed by atoms with E-state index in [-0.39, 0.29) is 6.04 Å². The average molecular weight is 233 g/mol. The van der Waals surface area contributed by atoms with Crippen LogP contribution in [0, 0.1) is 0 Å². The van der Waals surface area contributed by atoms with E-state index >= 15 is 0 Å². The van der Waals surface area contributed by atoms with Gasteiger partial charge in [0, 0.05) is 6.20 Å². The van der Waals surface area contributed by atoms with Crippen molar-refractivity contribution in [1.29, 1.82) is 0 Å². The van der Waals surface area contributed by atoms with E-state index in [4.69, 9.17) is 9.47 Å². The first-order valence-electron chi connectivity index (χ1n) is 5.38. The van der Waals surface area contributed by atoms with Crippen molar-refractivity contribution < 1.29 is 14.3 Å². The molecule has 1 aliphatic heterocycles. The number of fused-ring (bicyclic) bond motifs is 1.